The van der Waals surface area contributed by atoms with E-state index in [-0.39, 0.29) is 13.2 Å². The number of aromatic amines is 1. The van der Waals surface area contributed by atoms with E-state index in [2.05, 4.69) is 4.98 Å². The van der Waals surface area contributed by atoms with Gasteiger partial charge in [0.05, 0.1) is 13.2 Å². The zero-order valence-corrected chi connectivity index (χ0v) is 17.3. The second-order valence-electron chi connectivity index (χ2n) is 6.54. The van der Waals surface area contributed by atoms with Crippen LogP contribution in [0.5, 0.6) is 11.5 Å². The zero-order valence-electron chi connectivity index (χ0n) is 17.3. The van der Waals surface area contributed by atoms with Crippen molar-refractivity contribution in [2.24, 2.45) is 0 Å². The van der Waals surface area contributed by atoms with Gasteiger partial charge in [0.25, 0.3) is 0 Å². The highest BCUT2D eigenvalue weighted by Crippen LogP contribution is 2.32. The normalized spacial score (nSPS) is 10.6. The van der Waals surface area contributed by atoms with E-state index < -0.39 is 11.9 Å². The molecule has 1 N–H and O–H groups in total. The number of H-pyrrole nitrogens is 1. The third-order valence-corrected chi connectivity index (χ3v) is 4.50. The number of fused-ring (bicyclic) bond motifs is 1. The molecular weight excluding hydrogens is 386 g/mol. The van der Waals surface area contributed by atoms with E-state index in [1.165, 1.54) is 0 Å². The van der Waals surface area contributed by atoms with Gasteiger partial charge in [0, 0.05) is 16.6 Å². The van der Waals surface area contributed by atoms with Gasteiger partial charge in [-0.1, -0.05) is 0 Å². The standard InChI is InChI=1S/C23H25NO6/c1-4-27-21(25)13-29-17-8-6-16(7-9-17)23-15(3)19-12-18(10-11-20(19)24-23)30-14-22(26)28-5-2/h6-12,24H,4-5,13-14H2,1-3H3. The second kappa shape index (κ2) is 9.82. The van der Waals surface area contributed by atoms with Gasteiger partial charge >= 0.3 is 11.9 Å². The Labute approximate surface area is 174 Å². The van der Waals surface area contributed by atoms with Crippen molar-refractivity contribution in [2.45, 2.75) is 20.8 Å². The van der Waals surface area contributed by atoms with Crippen LogP contribution < -0.4 is 9.47 Å². The molecule has 3 rings (SSSR count). The first-order valence-electron chi connectivity index (χ1n) is 9.81. The molecule has 158 valence electrons. The Hall–Kier alpha value is -3.48. The van der Waals surface area contributed by atoms with E-state index in [1.54, 1.807) is 13.8 Å². The third-order valence-electron chi connectivity index (χ3n) is 4.50. The van der Waals surface area contributed by atoms with Crippen LogP contribution in [-0.4, -0.2) is 43.4 Å². The predicted molar refractivity (Wildman–Crippen MR) is 113 cm³/mol. The second-order valence-corrected chi connectivity index (χ2v) is 6.54. The Balaban J connectivity index is 1.73. The number of hydrogen-bond donors (Lipinski definition) is 1. The van der Waals surface area contributed by atoms with Crippen molar-refractivity contribution in [1.29, 1.82) is 0 Å². The van der Waals surface area contributed by atoms with E-state index in [4.69, 9.17) is 18.9 Å². The number of aryl methyl sites for hydroxylation is 1. The van der Waals surface area contributed by atoms with Crippen LogP contribution >= 0.6 is 0 Å². The molecule has 0 amide bonds. The average Bonchev–Trinajstić information content (AvgIpc) is 3.08. The number of carbonyl (C=O) groups is 2. The highest BCUT2D eigenvalue weighted by molar-refractivity contribution is 5.91. The van der Waals surface area contributed by atoms with Crippen LogP contribution in [0.4, 0.5) is 0 Å². The van der Waals surface area contributed by atoms with Crippen LogP contribution in [0.1, 0.15) is 19.4 Å². The number of carbonyl (C=O) groups excluding carboxylic acids is 2. The first-order valence-corrected chi connectivity index (χ1v) is 9.81. The van der Waals surface area contributed by atoms with Crippen molar-refractivity contribution < 1.29 is 28.5 Å². The fraction of sp³-hybridized carbons (Fsp3) is 0.304. The van der Waals surface area contributed by atoms with Gasteiger partial charge in [0.2, 0.25) is 0 Å². The average molecular weight is 411 g/mol. The van der Waals surface area contributed by atoms with Crippen molar-refractivity contribution >= 4 is 22.8 Å². The molecule has 0 bridgehead atoms. The molecule has 0 saturated carbocycles. The molecule has 0 unspecified atom stereocenters. The molecule has 30 heavy (non-hydrogen) atoms. The Morgan fingerprint density at radius 2 is 1.40 bits per heavy atom. The number of nitrogens with one attached hydrogen (secondary N) is 1. The number of aromatic nitrogens is 1. The molecule has 0 aliphatic rings. The molecule has 0 saturated heterocycles. The van der Waals surface area contributed by atoms with Crippen LogP contribution in [0.15, 0.2) is 42.5 Å². The lowest BCUT2D eigenvalue weighted by atomic mass is 10.1. The van der Waals surface area contributed by atoms with E-state index in [0.29, 0.717) is 24.7 Å². The number of ether oxygens (including phenoxy) is 4. The van der Waals surface area contributed by atoms with E-state index in [9.17, 15) is 9.59 Å². The van der Waals surface area contributed by atoms with Gasteiger partial charge in [-0.3, -0.25) is 0 Å². The minimum Gasteiger partial charge on any atom is -0.482 e. The zero-order chi connectivity index (χ0) is 21.5. The fourth-order valence-corrected chi connectivity index (χ4v) is 3.09. The maximum atomic E-state index is 11.5. The lowest BCUT2D eigenvalue weighted by Gasteiger charge is -2.07. The molecule has 0 aliphatic carbocycles. The number of benzene rings is 2. The summed E-state index contributed by atoms with van der Waals surface area (Å²) in [5.41, 5.74) is 3.99. The monoisotopic (exact) mass is 411 g/mol. The summed E-state index contributed by atoms with van der Waals surface area (Å²) in [7, 11) is 0. The van der Waals surface area contributed by atoms with Crippen LogP contribution in [0.25, 0.3) is 22.2 Å². The molecule has 1 aromatic heterocycles. The molecule has 7 nitrogen and oxygen atoms in total. The summed E-state index contributed by atoms with van der Waals surface area (Å²) < 4.78 is 20.7. The van der Waals surface area contributed by atoms with Crippen LogP contribution in [-0.2, 0) is 19.1 Å². The first-order chi connectivity index (χ1) is 14.5. The molecule has 0 radical (unpaired) electrons. The summed E-state index contributed by atoms with van der Waals surface area (Å²) in [6.45, 7) is 5.95. The van der Waals surface area contributed by atoms with Crippen molar-refractivity contribution in [3.8, 4) is 22.8 Å². The smallest absolute Gasteiger partial charge is 0.344 e. The van der Waals surface area contributed by atoms with Gasteiger partial charge in [-0.25, -0.2) is 9.59 Å². The summed E-state index contributed by atoms with van der Waals surface area (Å²) in [4.78, 5) is 26.3. The van der Waals surface area contributed by atoms with Crippen molar-refractivity contribution in [3.05, 3.63) is 48.0 Å². The number of rotatable bonds is 9. The SMILES string of the molecule is CCOC(=O)COc1ccc(-c2[nH]c3ccc(OCC(=O)OCC)cc3c2C)cc1. The van der Waals surface area contributed by atoms with E-state index >= 15 is 0 Å². The minimum absolute atomic E-state index is 0.118. The van der Waals surface area contributed by atoms with Gasteiger partial charge in [-0.05, 0) is 74.4 Å². The van der Waals surface area contributed by atoms with E-state index in [1.807, 2.05) is 49.4 Å². The maximum absolute atomic E-state index is 11.5. The van der Waals surface area contributed by atoms with E-state index in [0.717, 1.165) is 27.7 Å². The molecule has 0 atom stereocenters. The summed E-state index contributed by atoms with van der Waals surface area (Å²) >= 11 is 0. The van der Waals surface area contributed by atoms with Crippen LogP contribution in [0.2, 0.25) is 0 Å². The lowest BCUT2D eigenvalue weighted by Crippen LogP contribution is -2.14. The third kappa shape index (κ3) is 5.11. The molecule has 0 aliphatic heterocycles. The molecule has 0 fully saturated rings. The fourth-order valence-electron chi connectivity index (χ4n) is 3.09. The Morgan fingerprint density at radius 3 is 2.00 bits per heavy atom. The van der Waals surface area contributed by atoms with Gasteiger partial charge in [-0.15, -0.1) is 0 Å². The Morgan fingerprint density at radius 1 is 0.833 bits per heavy atom. The molecular formula is C23H25NO6. The van der Waals surface area contributed by atoms with Crippen molar-refractivity contribution in [3.63, 3.8) is 0 Å². The van der Waals surface area contributed by atoms with Gasteiger partial charge in [0.15, 0.2) is 13.2 Å². The Bertz CT molecular complexity index is 1020. The van der Waals surface area contributed by atoms with Gasteiger partial charge in [-0.2, -0.15) is 0 Å². The first kappa shape index (κ1) is 21.2. The lowest BCUT2D eigenvalue weighted by molar-refractivity contribution is -0.146. The highest BCUT2D eigenvalue weighted by atomic mass is 16.6. The van der Waals surface area contributed by atoms with Gasteiger partial charge in [0.1, 0.15) is 11.5 Å². The highest BCUT2D eigenvalue weighted by Gasteiger charge is 2.12. The molecule has 3 aromatic rings. The van der Waals surface area contributed by atoms with Crippen molar-refractivity contribution in [2.75, 3.05) is 26.4 Å². The molecule has 0 spiro atoms. The number of esters is 2. The molecule has 7 heteroatoms. The van der Waals surface area contributed by atoms with Gasteiger partial charge < -0.3 is 23.9 Å². The topological polar surface area (TPSA) is 86.9 Å². The quantitative estimate of drug-likeness (QED) is 0.535. The summed E-state index contributed by atoms with van der Waals surface area (Å²) in [5.74, 6) is 0.408. The molecule has 2 aromatic carbocycles. The summed E-state index contributed by atoms with van der Waals surface area (Å²) in [5, 5.41) is 1.01. The maximum Gasteiger partial charge on any atom is 0.344 e. The van der Waals surface area contributed by atoms with Crippen LogP contribution in [0, 0.1) is 6.92 Å². The largest absolute Gasteiger partial charge is 0.482 e. The van der Waals surface area contributed by atoms with Crippen LogP contribution in [0.3, 0.4) is 0 Å². The Kier molecular flexibility index (Phi) is 6.95. The molecule has 1 heterocycles. The van der Waals surface area contributed by atoms with Crippen molar-refractivity contribution in [1.82, 2.24) is 4.98 Å². The summed E-state index contributed by atoms with van der Waals surface area (Å²) in [6, 6.07) is 13.1. The number of hydrogen-bond acceptors (Lipinski definition) is 6. The predicted octanol–water partition coefficient (Wildman–Crippen LogP) is 4.03. The summed E-state index contributed by atoms with van der Waals surface area (Å²) in [6.07, 6.45) is 0. The minimum atomic E-state index is -0.394.